The Morgan fingerprint density at radius 2 is 2.08 bits per heavy atom. The number of carboxylic acid groups (broad SMARTS) is 1. The van der Waals surface area contributed by atoms with Gasteiger partial charge in [0.1, 0.15) is 6.04 Å². The number of aliphatic carboxylic acids is 1. The first-order valence-electron chi connectivity index (χ1n) is 5.02. The molecule has 1 saturated heterocycles. The third kappa shape index (κ3) is 2.21. The van der Waals surface area contributed by atoms with Crippen molar-refractivity contribution in [3.05, 3.63) is 0 Å². The predicted octanol–water partition coefficient (Wildman–Crippen LogP) is 1.58. The lowest BCUT2D eigenvalue weighted by molar-refractivity contribution is -0.143. The van der Waals surface area contributed by atoms with Crippen molar-refractivity contribution in [2.45, 2.75) is 45.7 Å². The molecule has 0 amide bonds. The van der Waals surface area contributed by atoms with Crippen molar-refractivity contribution in [1.82, 2.24) is 4.90 Å². The molecule has 3 nitrogen and oxygen atoms in total. The topological polar surface area (TPSA) is 40.5 Å². The maximum Gasteiger partial charge on any atom is 0.320 e. The normalized spacial score (nSPS) is 26.6. The molecule has 0 saturated carbocycles. The van der Waals surface area contributed by atoms with Gasteiger partial charge in [0.05, 0.1) is 0 Å². The third-order valence-electron chi connectivity index (χ3n) is 2.97. The molecule has 1 rings (SSSR count). The van der Waals surface area contributed by atoms with E-state index in [1.165, 1.54) is 0 Å². The molecule has 0 aromatic heterocycles. The Kier molecular flexibility index (Phi) is 3.31. The van der Waals surface area contributed by atoms with E-state index in [-0.39, 0.29) is 6.04 Å². The van der Waals surface area contributed by atoms with Gasteiger partial charge in [-0.15, -0.1) is 0 Å². The molecule has 2 unspecified atom stereocenters. The standard InChI is InChI=1S/C10H19NO2/c1-7(2)9-5-4-6-11(9)8(3)10(12)13/h7-9H,4-6H2,1-3H3,(H,12,13). The van der Waals surface area contributed by atoms with Crippen LogP contribution in [0.4, 0.5) is 0 Å². The lowest BCUT2D eigenvalue weighted by atomic mass is 10.0. The number of hydrogen-bond donors (Lipinski definition) is 1. The molecule has 13 heavy (non-hydrogen) atoms. The van der Waals surface area contributed by atoms with Crippen molar-refractivity contribution in [1.29, 1.82) is 0 Å². The highest BCUT2D eigenvalue weighted by Gasteiger charge is 2.33. The predicted molar refractivity (Wildman–Crippen MR) is 51.7 cm³/mol. The minimum absolute atomic E-state index is 0.324. The van der Waals surface area contributed by atoms with Gasteiger partial charge in [0.25, 0.3) is 0 Å². The summed E-state index contributed by atoms with van der Waals surface area (Å²) in [5.41, 5.74) is 0. The fourth-order valence-corrected chi connectivity index (χ4v) is 2.15. The molecule has 0 spiro atoms. The van der Waals surface area contributed by atoms with Gasteiger partial charge in [0.15, 0.2) is 0 Å². The molecular weight excluding hydrogens is 166 g/mol. The lowest BCUT2D eigenvalue weighted by Crippen LogP contribution is -2.44. The number of rotatable bonds is 3. The Hall–Kier alpha value is -0.570. The highest BCUT2D eigenvalue weighted by molar-refractivity contribution is 5.73. The van der Waals surface area contributed by atoms with E-state index in [0.717, 1.165) is 19.4 Å². The van der Waals surface area contributed by atoms with Gasteiger partial charge in [0.2, 0.25) is 0 Å². The first-order chi connectivity index (χ1) is 6.04. The van der Waals surface area contributed by atoms with Gasteiger partial charge in [0, 0.05) is 6.04 Å². The number of hydrogen-bond acceptors (Lipinski definition) is 2. The number of nitrogens with zero attached hydrogens (tertiary/aromatic N) is 1. The van der Waals surface area contributed by atoms with Crippen LogP contribution in [0, 0.1) is 5.92 Å². The Morgan fingerprint density at radius 3 is 2.54 bits per heavy atom. The van der Waals surface area contributed by atoms with E-state index in [0.29, 0.717) is 12.0 Å². The minimum atomic E-state index is -0.701. The molecule has 1 aliphatic rings. The average molecular weight is 185 g/mol. The maximum atomic E-state index is 10.8. The van der Waals surface area contributed by atoms with Crippen LogP contribution in [0.25, 0.3) is 0 Å². The fraction of sp³-hybridized carbons (Fsp3) is 0.900. The van der Waals surface area contributed by atoms with Crippen LogP contribution in [0.5, 0.6) is 0 Å². The highest BCUT2D eigenvalue weighted by Crippen LogP contribution is 2.25. The molecule has 76 valence electrons. The molecule has 2 atom stereocenters. The van der Waals surface area contributed by atoms with Gasteiger partial charge < -0.3 is 5.11 Å². The average Bonchev–Trinajstić information content (AvgIpc) is 2.50. The summed E-state index contributed by atoms with van der Waals surface area (Å²) in [5, 5.41) is 8.90. The molecule has 0 radical (unpaired) electrons. The Balaban J connectivity index is 2.62. The Bertz CT molecular complexity index is 191. The Morgan fingerprint density at radius 1 is 1.46 bits per heavy atom. The third-order valence-corrected chi connectivity index (χ3v) is 2.97. The van der Waals surface area contributed by atoms with Crippen molar-refractivity contribution in [3.8, 4) is 0 Å². The fourth-order valence-electron chi connectivity index (χ4n) is 2.15. The molecule has 1 heterocycles. The van der Waals surface area contributed by atoms with Crippen molar-refractivity contribution < 1.29 is 9.90 Å². The second-order valence-corrected chi connectivity index (χ2v) is 4.21. The number of likely N-dealkylation sites (tertiary alicyclic amines) is 1. The van der Waals surface area contributed by atoms with E-state index in [1.807, 2.05) is 0 Å². The summed E-state index contributed by atoms with van der Waals surface area (Å²) in [7, 11) is 0. The molecule has 1 fully saturated rings. The zero-order valence-electron chi connectivity index (χ0n) is 8.66. The van der Waals surface area contributed by atoms with Crippen molar-refractivity contribution >= 4 is 5.97 Å². The summed E-state index contributed by atoms with van der Waals surface area (Å²) in [6.07, 6.45) is 2.29. The minimum Gasteiger partial charge on any atom is -0.480 e. The molecule has 3 heteroatoms. The van der Waals surface area contributed by atoms with Crippen LogP contribution in [0.15, 0.2) is 0 Å². The molecule has 0 aromatic rings. The van der Waals surface area contributed by atoms with Gasteiger partial charge in [-0.05, 0) is 32.2 Å². The summed E-state index contributed by atoms with van der Waals surface area (Å²) in [4.78, 5) is 12.9. The molecule has 1 N–H and O–H groups in total. The SMILES string of the molecule is CC(C)C1CCCN1C(C)C(=O)O. The summed E-state index contributed by atoms with van der Waals surface area (Å²) in [6.45, 7) is 7.05. The molecule has 0 aromatic carbocycles. The lowest BCUT2D eigenvalue weighted by Gasteiger charge is -2.30. The van der Waals surface area contributed by atoms with Crippen LogP contribution >= 0.6 is 0 Å². The number of carboxylic acids is 1. The van der Waals surface area contributed by atoms with Crippen molar-refractivity contribution in [2.24, 2.45) is 5.92 Å². The quantitative estimate of drug-likeness (QED) is 0.725. The largest absolute Gasteiger partial charge is 0.480 e. The van der Waals surface area contributed by atoms with E-state index < -0.39 is 5.97 Å². The van der Waals surface area contributed by atoms with E-state index in [1.54, 1.807) is 6.92 Å². The van der Waals surface area contributed by atoms with Gasteiger partial charge in [-0.1, -0.05) is 13.8 Å². The summed E-state index contributed by atoms with van der Waals surface area (Å²) in [5.74, 6) is -0.142. The van der Waals surface area contributed by atoms with Crippen LogP contribution in [0.3, 0.4) is 0 Å². The summed E-state index contributed by atoms with van der Waals surface area (Å²) in [6, 6.07) is 0.140. The van der Waals surface area contributed by atoms with Crippen LogP contribution in [-0.4, -0.2) is 34.6 Å². The second kappa shape index (κ2) is 4.09. The summed E-state index contributed by atoms with van der Waals surface area (Å²) < 4.78 is 0. The molecular formula is C10H19NO2. The van der Waals surface area contributed by atoms with Crippen molar-refractivity contribution in [2.75, 3.05) is 6.54 Å². The maximum absolute atomic E-state index is 10.8. The zero-order chi connectivity index (χ0) is 10.0. The number of carbonyl (C=O) groups is 1. The molecule has 1 aliphatic heterocycles. The smallest absolute Gasteiger partial charge is 0.320 e. The van der Waals surface area contributed by atoms with Gasteiger partial charge in [-0.25, -0.2) is 0 Å². The van der Waals surface area contributed by atoms with Crippen LogP contribution in [-0.2, 0) is 4.79 Å². The van der Waals surface area contributed by atoms with E-state index in [2.05, 4.69) is 18.7 Å². The molecule has 0 bridgehead atoms. The first-order valence-corrected chi connectivity index (χ1v) is 5.02. The Labute approximate surface area is 79.7 Å². The van der Waals surface area contributed by atoms with Gasteiger partial charge in [-0.2, -0.15) is 0 Å². The monoisotopic (exact) mass is 185 g/mol. The van der Waals surface area contributed by atoms with Crippen molar-refractivity contribution in [3.63, 3.8) is 0 Å². The van der Waals surface area contributed by atoms with E-state index in [9.17, 15) is 4.79 Å². The highest BCUT2D eigenvalue weighted by atomic mass is 16.4. The van der Waals surface area contributed by atoms with Crippen LogP contribution < -0.4 is 0 Å². The van der Waals surface area contributed by atoms with Gasteiger partial charge in [-0.3, -0.25) is 9.69 Å². The van der Waals surface area contributed by atoms with E-state index >= 15 is 0 Å². The molecule has 0 aliphatic carbocycles. The zero-order valence-corrected chi connectivity index (χ0v) is 8.66. The van der Waals surface area contributed by atoms with Crippen LogP contribution in [0.2, 0.25) is 0 Å². The summed E-state index contributed by atoms with van der Waals surface area (Å²) >= 11 is 0. The van der Waals surface area contributed by atoms with Gasteiger partial charge >= 0.3 is 5.97 Å². The van der Waals surface area contributed by atoms with Crippen LogP contribution in [0.1, 0.15) is 33.6 Å². The second-order valence-electron chi connectivity index (χ2n) is 4.21. The first kappa shape index (κ1) is 10.5. The van der Waals surface area contributed by atoms with E-state index in [4.69, 9.17) is 5.11 Å².